The Bertz CT molecular complexity index is 910. The summed E-state index contributed by atoms with van der Waals surface area (Å²) >= 11 is 1.48. The zero-order valence-corrected chi connectivity index (χ0v) is 15.8. The van der Waals surface area contributed by atoms with E-state index in [0.29, 0.717) is 16.9 Å². The van der Waals surface area contributed by atoms with Crippen molar-refractivity contribution in [3.8, 4) is 11.5 Å². The van der Waals surface area contributed by atoms with Crippen LogP contribution in [0, 0.1) is 0 Å². The summed E-state index contributed by atoms with van der Waals surface area (Å²) in [5, 5.41) is 12.8. The van der Waals surface area contributed by atoms with E-state index in [1.807, 2.05) is 48.5 Å². The quantitative estimate of drug-likeness (QED) is 0.267. The number of nitrogens with one attached hydrogen (secondary N) is 1. The number of methoxy groups -OCH3 is 2. The molecular weight excluding hydrogens is 364 g/mol. The number of ether oxygens (including phenoxy) is 2. The average Bonchev–Trinajstić information content (AvgIpc) is 3.06. The van der Waals surface area contributed by atoms with E-state index in [9.17, 15) is 0 Å². The highest BCUT2D eigenvalue weighted by Crippen LogP contribution is 2.23. The number of hydrogen-bond acceptors (Lipinski definition) is 8. The molecule has 8 nitrogen and oxygen atoms in total. The fraction of sp³-hybridized carbons (Fsp3) is 0.167. The zero-order chi connectivity index (χ0) is 19.1. The smallest absolute Gasteiger partial charge is 0.264 e. The maximum atomic E-state index is 6.03. The topological polar surface area (TPSA) is 99.6 Å². The summed E-state index contributed by atoms with van der Waals surface area (Å²) in [6, 6.07) is 15.4. The molecule has 0 amide bonds. The lowest BCUT2D eigenvalue weighted by atomic mass is 10.2. The SMILES string of the molecule is COc1ccc(CSc2nnc(N/N=C/c3cccc(OC)c3)n2N)cc1. The molecule has 0 saturated carbocycles. The first kappa shape index (κ1) is 18.6. The molecule has 27 heavy (non-hydrogen) atoms. The standard InChI is InChI=1S/C18H20N6O2S/c1-25-15-8-6-13(7-9-15)12-27-18-23-22-17(24(18)19)21-20-11-14-4-3-5-16(10-14)26-2/h3-11H,12,19H2,1-2H3,(H,21,22)/b20-11+. The molecular formula is C18H20N6O2S. The fourth-order valence-corrected chi connectivity index (χ4v) is 3.02. The van der Waals surface area contributed by atoms with Gasteiger partial charge in [-0.3, -0.25) is 0 Å². The Morgan fingerprint density at radius 1 is 1.11 bits per heavy atom. The molecule has 0 saturated heterocycles. The molecule has 1 aromatic heterocycles. The molecule has 0 aliphatic heterocycles. The summed E-state index contributed by atoms with van der Waals surface area (Å²) in [5.41, 5.74) is 4.82. The first-order valence-corrected chi connectivity index (χ1v) is 9.07. The van der Waals surface area contributed by atoms with Crippen LogP contribution in [0.25, 0.3) is 0 Å². The maximum absolute atomic E-state index is 6.03. The highest BCUT2D eigenvalue weighted by molar-refractivity contribution is 7.98. The van der Waals surface area contributed by atoms with Crippen LogP contribution < -0.4 is 20.7 Å². The van der Waals surface area contributed by atoms with Crippen molar-refractivity contribution in [2.24, 2.45) is 5.10 Å². The van der Waals surface area contributed by atoms with Gasteiger partial charge in [-0.1, -0.05) is 36.0 Å². The van der Waals surface area contributed by atoms with Gasteiger partial charge in [-0.2, -0.15) is 5.10 Å². The van der Waals surface area contributed by atoms with Gasteiger partial charge in [0.15, 0.2) is 0 Å². The van der Waals surface area contributed by atoms with Gasteiger partial charge in [0, 0.05) is 5.75 Å². The first-order valence-electron chi connectivity index (χ1n) is 8.09. The minimum absolute atomic E-state index is 0.353. The molecule has 0 bridgehead atoms. The Labute approximate surface area is 161 Å². The molecule has 3 N–H and O–H groups in total. The molecule has 0 unspecified atom stereocenters. The van der Waals surface area contributed by atoms with E-state index in [1.165, 1.54) is 16.4 Å². The van der Waals surface area contributed by atoms with E-state index in [2.05, 4.69) is 20.7 Å². The van der Waals surface area contributed by atoms with Crippen LogP contribution in [0.5, 0.6) is 11.5 Å². The van der Waals surface area contributed by atoms with Gasteiger partial charge in [0.05, 0.1) is 20.4 Å². The van der Waals surface area contributed by atoms with E-state index in [-0.39, 0.29) is 0 Å². The van der Waals surface area contributed by atoms with E-state index < -0.39 is 0 Å². The van der Waals surface area contributed by atoms with E-state index in [0.717, 1.165) is 22.6 Å². The van der Waals surface area contributed by atoms with Crippen LogP contribution in [0.3, 0.4) is 0 Å². The van der Waals surface area contributed by atoms with Crippen molar-refractivity contribution in [1.82, 2.24) is 14.9 Å². The van der Waals surface area contributed by atoms with Crippen LogP contribution in [0.15, 0.2) is 58.8 Å². The third-order valence-corrected chi connectivity index (χ3v) is 4.68. The van der Waals surface area contributed by atoms with E-state index >= 15 is 0 Å². The van der Waals surface area contributed by atoms with Gasteiger partial charge in [-0.15, -0.1) is 10.2 Å². The Balaban J connectivity index is 1.58. The molecule has 1 heterocycles. The lowest BCUT2D eigenvalue weighted by Gasteiger charge is -2.04. The summed E-state index contributed by atoms with van der Waals surface area (Å²) < 4.78 is 11.7. The molecule has 3 rings (SSSR count). The number of hydrazone groups is 1. The molecule has 3 aromatic rings. The van der Waals surface area contributed by atoms with Gasteiger partial charge < -0.3 is 15.3 Å². The Hall–Kier alpha value is -3.20. The van der Waals surface area contributed by atoms with E-state index in [4.69, 9.17) is 15.3 Å². The average molecular weight is 384 g/mol. The number of rotatable bonds is 8. The van der Waals surface area contributed by atoms with Crippen LogP contribution in [-0.2, 0) is 5.75 Å². The predicted molar refractivity (Wildman–Crippen MR) is 107 cm³/mol. The van der Waals surface area contributed by atoms with Crippen LogP contribution in [0.1, 0.15) is 11.1 Å². The molecule has 0 spiro atoms. The second-order valence-electron chi connectivity index (χ2n) is 5.46. The van der Waals surface area contributed by atoms with Crippen molar-refractivity contribution in [3.63, 3.8) is 0 Å². The van der Waals surface area contributed by atoms with Gasteiger partial charge in [-0.25, -0.2) is 10.1 Å². The third-order valence-electron chi connectivity index (χ3n) is 3.66. The molecule has 0 aliphatic rings. The minimum atomic E-state index is 0.353. The van der Waals surface area contributed by atoms with Gasteiger partial charge in [0.1, 0.15) is 11.5 Å². The van der Waals surface area contributed by atoms with Crippen LogP contribution >= 0.6 is 11.8 Å². The monoisotopic (exact) mass is 384 g/mol. The maximum Gasteiger partial charge on any atom is 0.264 e. The molecule has 0 radical (unpaired) electrons. The number of nitrogens with two attached hydrogens (primary N) is 1. The normalized spacial score (nSPS) is 10.9. The molecule has 0 fully saturated rings. The second-order valence-corrected chi connectivity index (χ2v) is 6.40. The van der Waals surface area contributed by atoms with Crippen molar-refractivity contribution >= 4 is 23.9 Å². The van der Waals surface area contributed by atoms with Crippen LogP contribution in [0.2, 0.25) is 0 Å². The van der Waals surface area contributed by atoms with Crippen molar-refractivity contribution in [3.05, 3.63) is 59.7 Å². The summed E-state index contributed by atoms with van der Waals surface area (Å²) in [5.74, 6) is 8.69. The fourth-order valence-electron chi connectivity index (χ4n) is 2.21. The number of hydrogen-bond donors (Lipinski definition) is 2. The Morgan fingerprint density at radius 2 is 1.89 bits per heavy atom. The van der Waals surface area contributed by atoms with Crippen molar-refractivity contribution < 1.29 is 9.47 Å². The lowest BCUT2D eigenvalue weighted by molar-refractivity contribution is 0.414. The number of benzene rings is 2. The van der Waals surface area contributed by atoms with Gasteiger partial charge in [0.2, 0.25) is 5.16 Å². The van der Waals surface area contributed by atoms with Gasteiger partial charge >= 0.3 is 0 Å². The molecule has 2 aromatic carbocycles. The summed E-state index contributed by atoms with van der Waals surface area (Å²) in [6.07, 6.45) is 1.65. The van der Waals surface area contributed by atoms with Crippen LogP contribution in [-0.4, -0.2) is 35.3 Å². The number of anilines is 1. The Kier molecular flexibility index (Phi) is 6.16. The van der Waals surface area contributed by atoms with Crippen molar-refractivity contribution in [1.29, 1.82) is 0 Å². The summed E-state index contributed by atoms with van der Waals surface area (Å²) in [7, 11) is 3.27. The van der Waals surface area contributed by atoms with Crippen LogP contribution in [0.4, 0.5) is 5.95 Å². The molecule has 140 valence electrons. The largest absolute Gasteiger partial charge is 0.497 e. The molecule has 0 atom stereocenters. The molecule has 0 aliphatic carbocycles. The third kappa shape index (κ3) is 4.91. The number of aromatic nitrogens is 3. The zero-order valence-electron chi connectivity index (χ0n) is 15.0. The lowest BCUT2D eigenvalue weighted by Crippen LogP contribution is -2.13. The minimum Gasteiger partial charge on any atom is -0.497 e. The van der Waals surface area contributed by atoms with Gasteiger partial charge in [-0.05, 0) is 35.4 Å². The highest BCUT2D eigenvalue weighted by atomic mass is 32.2. The first-order chi connectivity index (χ1) is 13.2. The summed E-state index contributed by atoms with van der Waals surface area (Å²) in [4.78, 5) is 0. The predicted octanol–water partition coefficient (Wildman–Crippen LogP) is 2.75. The number of nitrogens with zero attached hydrogens (tertiary/aromatic N) is 4. The number of nitrogen functional groups attached to an aromatic ring is 1. The molecule has 9 heteroatoms. The van der Waals surface area contributed by atoms with Crippen molar-refractivity contribution in [2.75, 3.05) is 25.5 Å². The number of thioether (sulfide) groups is 1. The van der Waals surface area contributed by atoms with Crippen molar-refractivity contribution in [2.45, 2.75) is 10.9 Å². The van der Waals surface area contributed by atoms with Gasteiger partial charge in [0.25, 0.3) is 5.95 Å². The Morgan fingerprint density at radius 3 is 2.63 bits per heavy atom. The summed E-state index contributed by atoms with van der Waals surface area (Å²) in [6.45, 7) is 0. The second kappa shape index (κ2) is 8.95. The van der Waals surface area contributed by atoms with E-state index in [1.54, 1.807) is 20.4 Å². The highest BCUT2D eigenvalue weighted by Gasteiger charge is 2.09.